The Bertz CT molecular complexity index is 637. The highest BCUT2D eigenvalue weighted by Crippen LogP contribution is 2.31. The number of carboxylic acids is 1. The average Bonchev–Trinajstić information content (AvgIpc) is 3.20. The molecule has 1 saturated carbocycles. The summed E-state index contributed by atoms with van der Waals surface area (Å²) in [6.07, 6.45) is 2.07. The predicted octanol–water partition coefficient (Wildman–Crippen LogP) is 0.227. The Morgan fingerprint density at radius 2 is 2.15 bits per heavy atom. The number of pyridine rings is 1. The normalized spacial score (nSPS) is 15.2. The van der Waals surface area contributed by atoms with Crippen LogP contribution in [-0.4, -0.2) is 46.3 Å². The molecular weight excluding hydrogens is 290 g/mol. The fraction of sp³-hybridized carbons (Fsp3) is 0.400. The minimum absolute atomic E-state index is 0.253. The molecule has 1 aliphatic rings. The van der Waals surface area contributed by atoms with Gasteiger partial charge in [-0.15, -0.1) is 0 Å². The van der Waals surface area contributed by atoms with Crippen LogP contribution in [0.3, 0.4) is 0 Å². The molecule has 0 saturated heterocycles. The van der Waals surface area contributed by atoms with Crippen LogP contribution < -0.4 is 0 Å². The van der Waals surface area contributed by atoms with Crippen LogP contribution in [0.1, 0.15) is 12.8 Å². The molecule has 108 valence electrons. The maximum absolute atomic E-state index is 12.3. The van der Waals surface area contributed by atoms with Gasteiger partial charge in [-0.05, 0) is 28.8 Å². The van der Waals surface area contributed by atoms with E-state index in [0.717, 1.165) is 22.6 Å². The van der Waals surface area contributed by atoms with Gasteiger partial charge in [-0.25, -0.2) is 8.42 Å². The molecule has 1 aliphatic carbocycles. The summed E-state index contributed by atoms with van der Waals surface area (Å²) in [6.45, 7) is -0.635. The smallest absolute Gasteiger partial charge is 0.363 e. The summed E-state index contributed by atoms with van der Waals surface area (Å²) in [5, 5.41) is 19.2. The lowest BCUT2D eigenvalue weighted by Gasteiger charge is -2.18. The van der Waals surface area contributed by atoms with Gasteiger partial charge < -0.3 is 15.2 Å². The molecular formula is C10H11N3O6S. The van der Waals surface area contributed by atoms with Crippen LogP contribution in [0.4, 0.5) is 5.82 Å². The van der Waals surface area contributed by atoms with Crippen molar-refractivity contribution in [3.63, 3.8) is 0 Å². The predicted molar refractivity (Wildman–Crippen MR) is 65.4 cm³/mol. The number of nitrogens with zero attached hydrogens (tertiary/aromatic N) is 3. The van der Waals surface area contributed by atoms with Crippen molar-refractivity contribution < 1.29 is 23.2 Å². The lowest BCUT2D eigenvalue weighted by Crippen LogP contribution is -2.37. The molecule has 0 aliphatic heterocycles. The summed E-state index contributed by atoms with van der Waals surface area (Å²) in [7, 11) is -4.01. The number of carbonyl (C=O) groups is 1. The van der Waals surface area contributed by atoms with Crippen molar-refractivity contribution in [1.82, 2.24) is 9.29 Å². The van der Waals surface area contributed by atoms with Gasteiger partial charge in [0.15, 0.2) is 6.20 Å². The van der Waals surface area contributed by atoms with Crippen LogP contribution in [0.2, 0.25) is 0 Å². The lowest BCUT2D eigenvalue weighted by molar-refractivity contribution is -0.389. The SMILES string of the molecule is O=C(O)CN(C1CC1)S(=O)(=O)c1ccc([N+](=O)[O-])nc1. The maximum atomic E-state index is 12.3. The van der Waals surface area contributed by atoms with E-state index >= 15 is 0 Å². The van der Waals surface area contributed by atoms with E-state index in [1.54, 1.807) is 0 Å². The Hall–Kier alpha value is -2.07. The second-order valence-electron chi connectivity index (χ2n) is 4.28. The molecule has 0 aromatic carbocycles. The molecule has 10 heteroatoms. The van der Waals surface area contributed by atoms with Crippen molar-refractivity contribution in [2.75, 3.05) is 6.54 Å². The molecule has 0 radical (unpaired) electrons. The fourth-order valence-corrected chi connectivity index (χ4v) is 3.26. The number of aromatic nitrogens is 1. The van der Waals surface area contributed by atoms with E-state index in [1.165, 1.54) is 0 Å². The van der Waals surface area contributed by atoms with Crippen molar-refractivity contribution in [3.05, 3.63) is 28.4 Å². The van der Waals surface area contributed by atoms with Gasteiger partial charge in [0, 0.05) is 12.1 Å². The van der Waals surface area contributed by atoms with Crippen LogP contribution in [0.5, 0.6) is 0 Å². The molecule has 1 fully saturated rings. The third-order valence-corrected chi connectivity index (χ3v) is 4.64. The largest absolute Gasteiger partial charge is 0.480 e. The van der Waals surface area contributed by atoms with Gasteiger partial charge in [0.05, 0.1) is 0 Å². The number of sulfonamides is 1. The first kappa shape index (κ1) is 14.3. The van der Waals surface area contributed by atoms with E-state index in [-0.39, 0.29) is 10.9 Å². The molecule has 1 aromatic rings. The van der Waals surface area contributed by atoms with Gasteiger partial charge in [-0.2, -0.15) is 4.31 Å². The van der Waals surface area contributed by atoms with Gasteiger partial charge in [-0.1, -0.05) is 0 Å². The summed E-state index contributed by atoms with van der Waals surface area (Å²) >= 11 is 0. The Morgan fingerprint density at radius 1 is 1.50 bits per heavy atom. The summed E-state index contributed by atoms with van der Waals surface area (Å²) < 4.78 is 25.5. The molecule has 0 amide bonds. The third kappa shape index (κ3) is 2.91. The number of rotatable bonds is 6. The van der Waals surface area contributed by atoms with Crippen LogP contribution in [0.25, 0.3) is 0 Å². The van der Waals surface area contributed by atoms with Crippen molar-refractivity contribution in [2.45, 2.75) is 23.8 Å². The number of nitro groups is 1. The Labute approximate surface area is 114 Å². The zero-order valence-electron chi connectivity index (χ0n) is 10.2. The van der Waals surface area contributed by atoms with Gasteiger partial charge in [0.2, 0.25) is 10.0 Å². The summed E-state index contributed by atoms with van der Waals surface area (Å²) in [5.74, 6) is -1.73. The van der Waals surface area contributed by atoms with Gasteiger partial charge in [0.25, 0.3) is 0 Å². The van der Waals surface area contributed by atoms with E-state index in [2.05, 4.69) is 4.98 Å². The highest BCUT2D eigenvalue weighted by atomic mass is 32.2. The van der Waals surface area contributed by atoms with E-state index in [1.807, 2.05) is 0 Å². The molecule has 2 rings (SSSR count). The van der Waals surface area contributed by atoms with Gasteiger partial charge in [-0.3, -0.25) is 4.79 Å². The molecule has 1 heterocycles. The monoisotopic (exact) mass is 301 g/mol. The molecule has 0 bridgehead atoms. The third-order valence-electron chi connectivity index (χ3n) is 2.76. The maximum Gasteiger partial charge on any atom is 0.363 e. The van der Waals surface area contributed by atoms with Crippen LogP contribution in [0.15, 0.2) is 23.2 Å². The van der Waals surface area contributed by atoms with Crippen LogP contribution >= 0.6 is 0 Å². The Balaban J connectivity index is 2.32. The first-order chi connectivity index (χ1) is 9.32. The molecule has 1 N–H and O–H groups in total. The number of hydrogen-bond acceptors (Lipinski definition) is 6. The van der Waals surface area contributed by atoms with E-state index in [9.17, 15) is 23.3 Å². The number of hydrogen-bond donors (Lipinski definition) is 1. The Kier molecular flexibility index (Phi) is 3.68. The lowest BCUT2D eigenvalue weighted by atomic mass is 10.5. The minimum Gasteiger partial charge on any atom is -0.480 e. The van der Waals surface area contributed by atoms with E-state index < -0.39 is 33.3 Å². The molecule has 9 nitrogen and oxygen atoms in total. The van der Waals surface area contributed by atoms with Crippen molar-refractivity contribution in [1.29, 1.82) is 0 Å². The molecule has 0 spiro atoms. The van der Waals surface area contributed by atoms with Crippen molar-refractivity contribution in [3.8, 4) is 0 Å². The van der Waals surface area contributed by atoms with Crippen LogP contribution in [0, 0.1) is 10.1 Å². The molecule has 0 unspecified atom stereocenters. The minimum atomic E-state index is -4.01. The van der Waals surface area contributed by atoms with E-state index in [4.69, 9.17) is 5.11 Å². The van der Waals surface area contributed by atoms with Crippen molar-refractivity contribution in [2.24, 2.45) is 0 Å². The molecule has 0 atom stereocenters. The number of aliphatic carboxylic acids is 1. The topological polar surface area (TPSA) is 131 Å². The quantitative estimate of drug-likeness (QED) is 0.587. The second kappa shape index (κ2) is 5.13. The van der Waals surface area contributed by atoms with Gasteiger partial charge >= 0.3 is 11.8 Å². The average molecular weight is 301 g/mol. The first-order valence-electron chi connectivity index (χ1n) is 5.66. The van der Waals surface area contributed by atoms with E-state index in [0.29, 0.717) is 12.8 Å². The summed E-state index contributed by atoms with van der Waals surface area (Å²) in [4.78, 5) is 23.7. The second-order valence-corrected chi connectivity index (χ2v) is 6.17. The Morgan fingerprint density at radius 3 is 2.55 bits per heavy atom. The molecule has 1 aromatic heterocycles. The summed E-state index contributed by atoms with van der Waals surface area (Å²) in [5.41, 5.74) is 0. The summed E-state index contributed by atoms with van der Waals surface area (Å²) in [6, 6.07) is 1.70. The molecule has 20 heavy (non-hydrogen) atoms. The van der Waals surface area contributed by atoms with Gasteiger partial charge in [0.1, 0.15) is 11.4 Å². The number of carboxylic acid groups (broad SMARTS) is 1. The fourth-order valence-electron chi connectivity index (χ4n) is 1.67. The highest BCUT2D eigenvalue weighted by Gasteiger charge is 2.39. The standard InChI is InChI=1S/C10H11N3O6S/c14-10(15)6-12(7-1-2-7)20(18,19)8-3-4-9(11-5-8)13(16)17/h3-5,7H,1-2,6H2,(H,14,15). The zero-order chi connectivity index (χ0) is 14.9. The highest BCUT2D eigenvalue weighted by molar-refractivity contribution is 7.89. The van der Waals surface area contributed by atoms with Crippen molar-refractivity contribution >= 4 is 21.8 Å². The first-order valence-corrected chi connectivity index (χ1v) is 7.10. The van der Waals surface area contributed by atoms with Crippen LogP contribution in [-0.2, 0) is 14.8 Å². The zero-order valence-corrected chi connectivity index (χ0v) is 11.0.